The summed E-state index contributed by atoms with van der Waals surface area (Å²) in [4.78, 5) is 46.4. The maximum absolute atomic E-state index is 12.0. The van der Waals surface area contributed by atoms with Crippen LogP contribution in [0.25, 0.3) is 0 Å². The SMILES string of the molecule is CC(=O)O[C@@H]1[C@@H](OC(C)=O)[C@H](OCC(=O)OCc2ccccc2)OC[C@@H]1OC(C)=O. The second-order valence-corrected chi connectivity index (χ2v) is 6.45. The zero-order chi connectivity index (χ0) is 22.1. The molecule has 0 N–H and O–H groups in total. The van der Waals surface area contributed by atoms with Gasteiger partial charge < -0.3 is 28.4 Å². The van der Waals surface area contributed by atoms with E-state index in [1.165, 1.54) is 6.92 Å². The Hall–Kier alpha value is -2.98. The van der Waals surface area contributed by atoms with Gasteiger partial charge in [-0.15, -0.1) is 0 Å². The summed E-state index contributed by atoms with van der Waals surface area (Å²) in [5, 5.41) is 0. The van der Waals surface area contributed by atoms with Crippen molar-refractivity contribution in [3.63, 3.8) is 0 Å². The number of esters is 4. The molecule has 0 aromatic heterocycles. The lowest BCUT2D eigenvalue weighted by molar-refractivity contribution is -0.280. The van der Waals surface area contributed by atoms with Gasteiger partial charge in [-0.1, -0.05) is 30.3 Å². The first-order chi connectivity index (χ1) is 14.3. The third-order valence-electron chi connectivity index (χ3n) is 3.91. The maximum Gasteiger partial charge on any atom is 0.332 e. The number of hydrogen-bond donors (Lipinski definition) is 0. The Labute approximate surface area is 173 Å². The van der Waals surface area contributed by atoms with Crippen LogP contribution in [0.3, 0.4) is 0 Å². The van der Waals surface area contributed by atoms with E-state index in [9.17, 15) is 19.2 Å². The molecule has 0 bridgehead atoms. The molecule has 1 fully saturated rings. The lowest BCUT2D eigenvalue weighted by Gasteiger charge is -2.39. The van der Waals surface area contributed by atoms with Gasteiger partial charge in [-0.25, -0.2) is 4.79 Å². The molecule has 0 unspecified atom stereocenters. The molecular weight excluding hydrogens is 400 g/mol. The van der Waals surface area contributed by atoms with E-state index < -0.39 is 55.1 Å². The van der Waals surface area contributed by atoms with Crippen LogP contribution in [0.5, 0.6) is 0 Å². The molecule has 30 heavy (non-hydrogen) atoms. The van der Waals surface area contributed by atoms with E-state index in [-0.39, 0.29) is 13.2 Å². The smallest absolute Gasteiger partial charge is 0.332 e. The van der Waals surface area contributed by atoms with Gasteiger partial charge in [-0.2, -0.15) is 0 Å². The monoisotopic (exact) mass is 424 g/mol. The summed E-state index contributed by atoms with van der Waals surface area (Å²) in [5.74, 6) is -2.69. The molecule has 1 aliphatic rings. The van der Waals surface area contributed by atoms with Gasteiger partial charge in [-0.05, 0) is 5.56 Å². The first-order valence-electron chi connectivity index (χ1n) is 9.20. The lowest BCUT2D eigenvalue weighted by atomic mass is 10.0. The molecule has 0 radical (unpaired) electrons. The van der Waals surface area contributed by atoms with E-state index in [1.54, 1.807) is 12.1 Å². The number of rotatable bonds is 8. The Kier molecular flexibility index (Phi) is 8.75. The first-order valence-corrected chi connectivity index (χ1v) is 9.20. The molecule has 10 nitrogen and oxygen atoms in total. The second kappa shape index (κ2) is 11.3. The van der Waals surface area contributed by atoms with Crippen molar-refractivity contribution in [2.45, 2.75) is 52.0 Å². The Morgan fingerprint density at radius 3 is 2.10 bits per heavy atom. The van der Waals surface area contributed by atoms with Crippen molar-refractivity contribution in [3.8, 4) is 0 Å². The van der Waals surface area contributed by atoms with Gasteiger partial charge in [0.15, 0.2) is 24.6 Å². The molecular formula is C20H24O10. The van der Waals surface area contributed by atoms with Crippen molar-refractivity contribution >= 4 is 23.9 Å². The van der Waals surface area contributed by atoms with E-state index in [1.807, 2.05) is 18.2 Å². The highest BCUT2D eigenvalue weighted by Crippen LogP contribution is 2.25. The molecule has 0 saturated carbocycles. The van der Waals surface area contributed by atoms with Crippen LogP contribution < -0.4 is 0 Å². The molecule has 0 aliphatic carbocycles. The van der Waals surface area contributed by atoms with Crippen molar-refractivity contribution < 1.29 is 47.6 Å². The van der Waals surface area contributed by atoms with Crippen LogP contribution in [0.2, 0.25) is 0 Å². The van der Waals surface area contributed by atoms with Gasteiger partial charge in [0.25, 0.3) is 0 Å². The summed E-state index contributed by atoms with van der Waals surface area (Å²) in [6.45, 7) is 2.84. The van der Waals surface area contributed by atoms with Crippen LogP contribution in [0, 0.1) is 0 Å². The van der Waals surface area contributed by atoms with E-state index in [4.69, 9.17) is 28.4 Å². The predicted octanol–water partition coefficient (Wildman–Crippen LogP) is 0.898. The third-order valence-corrected chi connectivity index (χ3v) is 3.91. The van der Waals surface area contributed by atoms with Crippen molar-refractivity contribution in [2.24, 2.45) is 0 Å². The quantitative estimate of drug-likeness (QED) is 0.439. The van der Waals surface area contributed by atoms with Crippen LogP contribution in [0.4, 0.5) is 0 Å². The summed E-state index contributed by atoms with van der Waals surface area (Å²) in [5.41, 5.74) is 0.803. The minimum atomic E-state index is -1.26. The third kappa shape index (κ3) is 7.45. The van der Waals surface area contributed by atoms with Gasteiger partial charge >= 0.3 is 23.9 Å². The fraction of sp³-hybridized carbons (Fsp3) is 0.500. The summed E-state index contributed by atoms with van der Waals surface area (Å²) in [6, 6.07) is 9.07. The van der Waals surface area contributed by atoms with Crippen LogP contribution in [0.15, 0.2) is 30.3 Å². The molecule has 1 aromatic carbocycles. The zero-order valence-corrected chi connectivity index (χ0v) is 16.9. The van der Waals surface area contributed by atoms with Gasteiger partial charge in [0.2, 0.25) is 0 Å². The van der Waals surface area contributed by atoms with E-state index in [2.05, 4.69) is 0 Å². The normalized spacial score (nSPS) is 23.2. The number of carbonyl (C=O) groups is 4. The van der Waals surface area contributed by atoms with Crippen molar-refractivity contribution in [2.75, 3.05) is 13.2 Å². The van der Waals surface area contributed by atoms with E-state index in [0.717, 1.165) is 19.4 Å². The summed E-state index contributed by atoms with van der Waals surface area (Å²) in [7, 11) is 0. The minimum absolute atomic E-state index is 0.0620. The number of ether oxygens (including phenoxy) is 6. The average molecular weight is 424 g/mol. The van der Waals surface area contributed by atoms with Crippen LogP contribution >= 0.6 is 0 Å². The standard InChI is InChI=1S/C20H24O10/c1-12(21)28-16-10-26-20(19(30-14(3)23)18(16)29-13(2)22)27-11-17(24)25-9-15-7-5-4-6-8-15/h4-8,16,18-20H,9-11H2,1-3H3/t16-,18-,19+,20-/m0/s1. The molecule has 0 amide bonds. The summed E-state index contributed by atoms with van der Waals surface area (Å²) >= 11 is 0. The minimum Gasteiger partial charge on any atom is -0.459 e. The summed E-state index contributed by atoms with van der Waals surface area (Å²) in [6.07, 6.45) is -4.68. The van der Waals surface area contributed by atoms with Gasteiger partial charge in [0, 0.05) is 20.8 Å². The largest absolute Gasteiger partial charge is 0.459 e. The second-order valence-electron chi connectivity index (χ2n) is 6.45. The van der Waals surface area contributed by atoms with Gasteiger partial charge in [0.05, 0.1) is 6.61 Å². The highest BCUT2D eigenvalue weighted by molar-refractivity contribution is 5.71. The fourth-order valence-corrected chi connectivity index (χ4v) is 2.78. The van der Waals surface area contributed by atoms with Gasteiger partial charge in [0.1, 0.15) is 13.2 Å². The number of hydrogen-bond acceptors (Lipinski definition) is 10. The van der Waals surface area contributed by atoms with Crippen molar-refractivity contribution in [3.05, 3.63) is 35.9 Å². The Morgan fingerprint density at radius 1 is 0.900 bits per heavy atom. The van der Waals surface area contributed by atoms with Gasteiger partial charge in [-0.3, -0.25) is 14.4 Å². The Morgan fingerprint density at radius 2 is 1.50 bits per heavy atom. The Balaban J connectivity index is 2.01. The molecule has 2 rings (SSSR count). The molecule has 1 aromatic rings. The van der Waals surface area contributed by atoms with Crippen molar-refractivity contribution in [1.29, 1.82) is 0 Å². The molecule has 1 aliphatic heterocycles. The number of benzene rings is 1. The van der Waals surface area contributed by atoms with Crippen LogP contribution in [0.1, 0.15) is 26.3 Å². The lowest BCUT2D eigenvalue weighted by Crippen LogP contribution is -2.58. The molecule has 0 spiro atoms. The molecule has 164 valence electrons. The fourth-order valence-electron chi connectivity index (χ4n) is 2.78. The van der Waals surface area contributed by atoms with Crippen LogP contribution in [-0.2, 0) is 54.2 Å². The molecule has 10 heteroatoms. The maximum atomic E-state index is 12.0. The summed E-state index contributed by atoms with van der Waals surface area (Å²) < 4.78 is 31.4. The Bertz CT molecular complexity index is 747. The first kappa shape index (κ1) is 23.3. The highest BCUT2D eigenvalue weighted by atomic mass is 16.7. The topological polar surface area (TPSA) is 124 Å². The molecule has 1 saturated heterocycles. The van der Waals surface area contributed by atoms with E-state index >= 15 is 0 Å². The van der Waals surface area contributed by atoms with Crippen LogP contribution in [-0.4, -0.2) is 61.7 Å². The molecule has 1 heterocycles. The zero-order valence-electron chi connectivity index (χ0n) is 16.9. The average Bonchev–Trinajstić information content (AvgIpc) is 2.68. The van der Waals surface area contributed by atoms with E-state index in [0.29, 0.717) is 0 Å². The van der Waals surface area contributed by atoms with Crippen molar-refractivity contribution in [1.82, 2.24) is 0 Å². The molecule has 4 atom stereocenters. The number of carbonyl (C=O) groups excluding carboxylic acids is 4. The predicted molar refractivity (Wildman–Crippen MR) is 98.6 cm³/mol. The highest BCUT2D eigenvalue weighted by Gasteiger charge is 2.47.